The molecule has 0 saturated carbocycles. The Bertz CT molecular complexity index is 727. The molecule has 27 heavy (non-hydrogen) atoms. The topological polar surface area (TPSA) is 55.6 Å². The lowest BCUT2D eigenvalue weighted by atomic mass is 10.1. The Morgan fingerprint density at radius 3 is 2.33 bits per heavy atom. The molecule has 0 aliphatic carbocycles. The molecule has 146 valence electrons. The number of nitrogens with zero attached hydrogens (tertiary/aromatic N) is 2. The average Bonchev–Trinajstić information content (AvgIpc) is 3.09. The molecule has 0 bridgehead atoms. The Morgan fingerprint density at radius 2 is 1.67 bits per heavy atom. The van der Waals surface area contributed by atoms with E-state index in [0.29, 0.717) is 12.5 Å². The quantitative estimate of drug-likeness (QED) is 0.768. The summed E-state index contributed by atoms with van der Waals surface area (Å²) in [7, 11) is 0. The van der Waals surface area contributed by atoms with Crippen LogP contribution in [0.15, 0.2) is 28.7 Å². The highest BCUT2D eigenvalue weighted by atomic mass is 16.5. The molecule has 2 aromatic rings. The summed E-state index contributed by atoms with van der Waals surface area (Å²) < 4.78 is 11.4. The first-order chi connectivity index (χ1) is 13.1. The maximum Gasteiger partial charge on any atom is 0.248 e. The third-order valence-corrected chi connectivity index (χ3v) is 5.11. The van der Waals surface area contributed by atoms with Crippen molar-refractivity contribution in [1.29, 1.82) is 0 Å². The largest absolute Gasteiger partial charge is 0.441 e. The van der Waals surface area contributed by atoms with Gasteiger partial charge in [0.05, 0.1) is 6.61 Å². The summed E-state index contributed by atoms with van der Waals surface area (Å²) in [5.41, 5.74) is 2.90. The molecule has 1 fully saturated rings. The highest BCUT2D eigenvalue weighted by Crippen LogP contribution is 2.22. The first kappa shape index (κ1) is 19.6. The van der Waals surface area contributed by atoms with Gasteiger partial charge in [-0.25, -0.2) is 4.98 Å². The predicted molar refractivity (Wildman–Crippen MR) is 105 cm³/mol. The maximum absolute atomic E-state index is 12.5. The van der Waals surface area contributed by atoms with E-state index >= 15 is 0 Å². The van der Waals surface area contributed by atoms with Crippen LogP contribution >= 0.6 is 0 Å². The molecule has 1 aliphatic rings. The zero-order chi connectivity index (χ0) is 19.1. The van der Waals surface area contributed by atoms with Gasteiger partial charge in [0.2, 0.25) is 11.8 Å². The fourth-order valence-corrected chi connectivity index (χ4v) is 3.38. The van der Waals surface area contributed by atoms with Gasteiger partial charge >= 0.3 is 0 Å². The van der Waals surface area contributed by atoms with E-state index in [1.807, 2.05) is 36.1 Å². The molecule has 0 atom stereocenters. The van der Waals surface area contributed by atoms with Gasteiger partial charge in [0.15, 0.2) is 0 Å². The van der Waals surface area contributed by atoms with Crippen molar-refractivity contribution in [1.82, 2.24) is 9.88 Å². The number of hydrogen-bond donors (Lipinski definition) is 0. The fraction of sp³-hybridized carbons (Fsp3) is 0.545. The molecule has 1 saturated heterocycles. The van der Waals surface area contributed by atoms with E-state index in [1.54, 1.807) is 0 Å². The van der Waals surface area contributed by atoms with Crippen LogP contribution in [0.25, 0.3) is 11.5 Å². The zero-order valence-corrected chi connectivity index (χ0v) is 16.5. The van der Waals surface area contributed by atoms with Crippen LogP contribution in [0.3, 0.4) is 0 Å². The molecule has 0 spiro atoms. The Kier molecular flexibility index (Phi) is 7.04. The number of oxazole rings is 1. The molecule has 0 radical (unpaired) electrons. The Labute approximate surface area is 161 Å². The van der Waals surface area contributed by atoms with Crippen molar-refractivity contribution < 1.29 is 13.9 Å². The highest BCUT2D eigenvalue weighted by molar-refractivity contribution is 5.77. The number of aromatic nitrogens is 1. The number of benzene rings is 1. The van der Waals surface area contributed by atoms with Gasteiger partial charge in [-0.1, -0.05) is 43.4 Å². The van der Waals surface area contributed by atoms with Crippen LogP contribution in [-0.4, -0.2) is 35.5 Å². The van der Waals surface area contributed by atoms with Gasteiger partial charge in [0, 0.05) is 18.7 Å². The van der Waals surface area contributed by atoms with Crippen LogP contribution in [0, 0.1) is 13.8 Å². The minimum atomic E-state index is 0.0804. The van der Waals surface area contributed by atoms with E-state index in [-0.39, 0.29) is 12.5 Å². The van der Waals surface area contributed by atoms with Crippen LogP contribution in [-0.2, 0) is 16.1 Å². The second-order valence-corrected chi connectivity index (χ2v) is 7.38. The fourth-order valence-electron chi connectivity index (χ4n) is 3.38. The van der Waals surface area contributed by atoms with Crippen LogP contribution < -0.4 is 0 Å². The van der Waals surface area contributed by atoms with Crippen LogP contribution in [0.2, 0.25) is 0 Å². The molecule has 1 amide bonds. The predicted octanol–water partition coefficient (Wildman–Crippen LogP) is 4.66. The minimum Gasteiger partial charge on any atom is -0.441 e. The molecule has 3 rings (SSSR count). The van der Waals surface area contributed by atoms with Crippen molar-refractivity contribution in [3.63, 3.8) is 0 Å². The average molecular weight is 370 g/mol. The molecular formula is C22H30N2O3. The minimum absolute atomic E-state index is 0.0804. The van der Waals surface area contributed by atoms with Gasteiger partial charge < -0.3 is 14.1 Å². The first-order valence-electron chi connectivity index (χ1n) is 10.0. The lowest BCUT2D eigenvalue weighted by molar-refractivity contribution is -0.136. The van der Waals surface area contributed by atoms with Crippen molar-refractivity contribution in [3.05, 3.63) is 41.3 Å². The first-order valence-corrected chi connectivity index (χ1v) is 10.0. The van der Waals surface area contributed by atoms with Crippen molar-refractivity contribution >= 4 is 5.91 Å². The van der Waals surface area contributed by atoms with Crippen molar-refractivity contribution in [2.75, 3.05) is 19.7 Å². The van der Waals surface area contributed by atoms with E-state index in [4.69, 9.17) is 9.15 Å². The molecule has 5 heteroatoms. The van der Waals surface area contributed by atoms with Crippen LogP contribution in [0.4, 0.5) is 0 Å². The summed E-state index contributed by atoms with van der Waals surface area (Å²) in [5, 5.41) is 0. The zero-order valence-electron chi connectivity index (χ0n) is 16.5. The summed E-state index contributed by atoms with van der Waals surface area (Å²) in [5.74, 6) is 1.41. The van der Waals surface area contributed by atoms with Gasteiger partial charge in [-0.15, -0.1) is 0 Å². The number of rotatable bonds is 5. The smallest absolute Gasteiger partial charge is 0.248 e. The van der Waals surface area contributed by atoms with E-state index in [2.05, 4.69) is 11.9 Å². The molecule has 0 unspecified atom stereocenters. The van der Waals surface area contributed by atoms with E-state index in [9.17, 15) is 4.79 Å². The number of hydrogen-bond acceptors (Lipinski definition) is 4. The number of carbonyl (C=O) groups excluding carboxylic acids is 1. The van der Waals surface area contributed by atoms with Gasteiger partial charge in [0.1, 0.15) is 18.1 Å². The van der Waals surface area contributed by atoms with Gasteiger partial charge in [-0.2, -0.15) is 0 Å². The molecular weight excluding hydrogens is 340 g/mol. The molecule has 1 aliphatic heterocycles. The summed E-state index contributed by atoms with van der Waals surface area (Å²) >= 11 is 0. The second kappa shape index (κ2) is 9.70. The van der Waals surface area contributed by atoms with E-state index in [0.717, 1.165) is 42.9 Å². The summed E-state index contributed by atoms with van der Waals surface area (Å²) in [6.07, 6.45) is 7.18. The van der Waals surface area contributed by atoms with E-state index in [1.165, 1.54) is 31.2 Å². The standard InChI is InChI=1S/C22H30N2O3/c1-17-9-11-19(12-10-17)22-23-20(18(2)27-22)15-26-16-21(25)24-13-7-5-3-4-6-8-14-24/h9-12H,3-8,13-16H2,1-2H3. The Morgan fingerprint density at radius 1 is 1.04 bits per heavy atom. The molecule has 5 nitrogen and oxygen atoms in total. The highest BCUT2D eigenvalue weighted by Gasteiger charge is 2.16. The van der Waals surface area contributed by atoms with Crippen LogP contribution in [0.1, 0.15) is 55.5 Å². The van der Waals surface area contributed by atoms with E-state index < -0.39 is 0 Å². The van der Waals surface area contributed by atoms with Crippen LogP contribution in [0.5, 0.6) is 0 Å². The molecule has 0 N–H and O–H groups in total. The van der Waals surface area contributed by atoms with Gasteiger partial charge in [-0.3, -0.25) is 4.79 Å². The lowest BCUT2D eigenvalue weighted by Crippen LogP contribution is -2.35. The lowest BCUT2D eigenvalue weighted by Gasteiger charge is -2.21. The Balaban J connectivity index is 1.52. The van der Waals surface area contributed by atoms with Gasteiger partial charge in [-0.05, 0) is 38.8 Å². The summed E-state index contributed by atoms with van der Waals surface area (Å²) in [6, 6.07) is 8.07. The van der Waals surface area contributed by atoms with Crippen molar-refractivity contribution in [3.8, 4) is 11.5 Å². The summed E-state index contributed by atoms with van der Waals surface area (Å²) in [6.45, 7) is 6.03. The molecule has 1 aromatic carbocycles. The van der Waals surface area contributed by atoms with Gasteiger partial charge in [0.25, 0.3) is 0 Å². The monoisotopic (exact) mass is 370 g/mol. The molecule has 2 heterocycles. The SMILES string of the molecule is Cc1ccc(-c2nc(COCC(=O)N3CCCCCCCC3)c(C)o2)cc1. The number of aryl methyl sites for hydroxylation is 2. The third-order valence-electron chi connectivity index (χ3n) is 5.11. The number of ether oxygens (including phenoxy) is 1. The number of amides is 1. The second-order valence-electron chi connectivity index (χ2n) is 7.38. The number of carbonyl (C=O) groups is 1. The van der Waals surface area contributed by atoms with Crippen molar-refractivity contribution in [2.45, 2.75) is 59.0 Å². The normalized spacial score (nSPS) is 15.9. The van der Waals surface area contributed by atoms with Crippen molar-refractivity contribution in [2.24, 2.45) is 0 Å². The maximum atomic E-state index is 12.5. The summed E-state index contributed by atoms with van der Waals surface area (Å²) in [4.78, 5) is 19.0. The third kappa shape index (κ3) is 5.67. The molecule has 1 aromatic heterocycles. The Hall–Kier alpha value is -2.14.